The van der Waals surface area contributed by atoms with E-state index in [0.717, 1.165) is 32.1 Å². The lowest BCUT2D eigenvalue weighted by molar-refractivity contribution is 0.590. The molecule has 0 saturated carbocycles. The summed E-state index contributed by atoms with van der Waals surface area (Å²) < 4.78 is 0. The topological polar surface area (TPSA) is 9.72 Å². The van der Waals surface area contributed by atoms with E-state index in [-0.39, 0.29) is 22.2 Å². The number of fused-ring (bicyclic) bond motifs is 12. The molecule has 74 heavy (non-hydrogen) atoms. The quantitative estimate of drug-likeness (QED) is 0.164. The van der Waals surface area contributed by atoms with Gasteiger partial charge in [-0.3, -0.25) is 0 Å². The largest absolute Gasteiger partial charge is 0.314 e. The van der Waals surface area contributed by atoms with E-state index in [1.54, 1.807) is 5.57 Å². The fraction of sp³-hybridized carbons (Fsp3) is 0.211. The third kappa shape index (κ3) is 6.01. The Bertz CT molecular complexity index is 3930. The number of benzene rings is 8. The molecule has 0 spiro atoms. The summed E-state index contributed by atoms with van der Waals surface area (Å²) in [5, 5.41) is 2.50. The molecule has 0 aromatic heterocycles. The Morgan fingerprint density at radius 2 is 1.16 bits per heavy atom. The molecule has 1 unspecified atom stereocenters. The zero-order valence-electron chi connectivity index (χ0n) is 43.4. The Labute approximate surface area is 436 Å². The van der Waals surface area contributed by atoms with Crippen LogP contribution < -0.4 is 14.7 Å². The summed E-state index contributed by atoms with van der Waals surface area (Å²) >= 11 is 0. The second-order valence-corrected chi connectivity index (χ2v) is 23.5. The zero-order chi connectivity index (χ0) is 49.8. The van der Waals surface area contributed by atoms with Crippen LogP contribution in [0.3, 0.4) is 0 Å². The van der Waals surface area contributed by atoms with Gasteiger partial charge >= 0.3 is 0 Å². The van der Waals surface area contributed by atoms with E-state index in [4.69, 9.17) is 0 Å². The SMILES string of the molecule is CC1(C)C2=C(C=CCC2)c2ccc(N(c3ccc4c(c3)C3CC(N(c5ccc6c(c5)C(C)(C)c5ccccc5-6)c5cccc6ccccc56)=CC5=C3N4c3ccccc3C5(C)C)c3cccc4c3C=CCC4)cc21. The average molecular weight is 956 g/mol. The highest BCUT2D eigenvalue weighted by atomic mass is 15.2. The Morgan fingerprint density at radius 1 is 0.500 bits per heavy atom. The van der Waals surface area contributed by atoms with E-state index in [9.17, 15) is 0 Å². The molecule has 360 valence electrons. The van der Waals surface area contributed by atoms with Crippen molar-refractivity contribution in [3.8, 4) is 11.1 Å². The summed E-state index contributed by atoms with van der Waals surface area (Å²) in [6, 6.07) is 63.1. The summed E-state index contributed by atoms with van der Waals surface area (Å²) in [6.45, 7) is 14.6. The number of hydrogen-bond acceptors (Lipinski definition) is 3. The van der Waals surface area contributed by atoms with Crippen molar-refractivity contribution in [3.63, 3.8) is 0 Å². The Balaban J connectivity index is 0.941. The van der Waals surface area contributed by atoms with Gasteiger partial charge in [0.05, 0.1) is 11.4 Å². The fourth-order valence-electron chi connectivity index (χ4n) is 14.8. The number of hydrogen-bond donors (Lipinski definition) is 0. The van der Waals surface area contributed by atoms with Gasteiger partial charge in [-0.2, -0.15) is 0 Å². The fourth-order valence-corrected chi connectivity index (χ4v) is 14.8. The summed E-state index contributed by atoms with van der Waals surface area (Å²) in [7, 11) is 0. The highest BCUT2D eigenvalue weighted by molar-refractivity contribution is 5.99. The molecule has 0 saturated heterocycles. The second-order valence-electron chi connectivity index (χ2n) is 23.5. The van der Waals surface area contributed by atoms with Gasteiger partial charge in [-0.05, 0) is 159 Å². The normalized spacial score (nSPS) is 19.2. The number of para-hydroxylation sites is 1. The summed E-state index contributed by atoms with van der Waals surface area (Å²) in [5.41, 5.74) is 29.1. The molecule has 0 amide bonds. The van der Waals surface area contributed by atoms with E-state index >= 15 is 0 Å². The Morgan fingerprint density at radius 3 is 2.04 bits per heavy atom. The van der Waals surface area contributed by atoms with Crippen molar-refractivity contribution in [2.75, 3.05) is 14.7 Å². The van der Waals surface area contributed by atoms with Crippen LogP contribution in [0.5, 0.6) is 0 Å². The minimum absolute atomic E-state index is 0.0452. The number of rotatable bonds is 6. The van der Waals surface area contributed by atoms with E-state index < -0.39 is 0 Å². The van der Waals surface area contributed by atoms with Gasteiger partial charge < -0.3 is 14.7 Å². The van der Waals surface area contributed by atoms with Gasteiger partial charge in [-0.25, -0.2) is 0 Å². The minimum Gasteiger partial charge on any atom is -0.314 e. The third-order valence-corrected chi connectivity index (χ3v) is 18.5. The van der Waals surface area contributed by atoms with Gasteiger partial charge in [0, 0.05) is 79.4 Å². The maximum atomic E-state index is 2.64. The number of anilines is 7. The van der Waals surface area contributed by atoms with Gasteiger partial charge in [0.2, 0.25) is 0 Å². The van der Waals surface area contributed by atoms with E-state index in [0.29, 0.717) is 0 Å². The third-order valence-electron chi connectivity index (χ3n) is 18.5. The van der Waals surface area contributed by atoms with Crippen LogP contribution in [0.4, 0.5) is 39.8 Å². The molecule has 1 atom stereocenters. The van der Waals surface area contributed by atoms with Crippen molar-refractivity contribution in [2.24, 2.45) is 0 Å². The predicted molar refractivity (Wildman–Crippen MR) is 311 cm³/mol. The first-order chi connectivity index (χ1) is 36.0. The van der Waals surface area contributed by atoms with Crippen LogP contribution in [0.1, 0.15) is 118 Å². The van der Waals surface area contributed by atoms with E-state index in [1.165, 1.54) is 129 Å². The van der Waals surface area contributed by atoms with Gasteiger partial charge in [0.15, 0.2) is 0 Å². The zero-order valence-corrected chi connectivity index (χ0v) is 43.4. The Kier molecular flexibility index (Phi) is 9.19. The molecular weight excluding hydrogens is 895 g/mol. The van der Waals surface area contributed by atoms with Crippen molar-refractivity contribution in [1.29, 1.82) is 0 Å². The van der Waals surface area contributed by atoms with Gasteiger partial charge in [-0.1, -0.05) is 175 Å². The van der Waals surface area contributed by atoms with Crippen LogP contribution in [-0.4, -0.2) is 0 Å². The monoisotopic (exact) mass is 955 g/mol. The maximum Gasteiger partial charge on any atom is 0.0536 e. The molecule has 2 heterocycles. The average Bonchev–Trinajstić information content (AvgIpc) is 4.01. The molecule has 5 aliphatic carbocycles. The molecule has 0 fully saturated rings. The molecular formula is C71H61N3. The number of allylic oxidation sites excluding steroid dienone is 9. The van der Waals surface area contributed by atoms with Crippen LogP contribution in [0.2, 0.25) is 0 Å². The first-order valence-electron chi connectivity index (χ1n) is 27.1. The van der Waals surface area contributed by atoms with Crippen molar-refractivity contribution in [1.82, 2.24) is 0 Å². The molecule has 8 aromatic rings. The van der Waals surface area contributed by atoms with Crippen molar-refractivity contribution in [2.45, 2.75) is 95.8 Å². The molecule has 8 aromatic carbocycles. The van der Waals surface area contributed by atoms with Gasteiger partial charge in [-0.15, -0.1) is 0 Å². The van der Waals surface area contributed by atoms with Crippen LogP contribution in [-0.2, 0) is 22.7 Å². The molecule has 3 heteroatoms. The Hall–Kier alpha value is -7.88. The van der Waals surface area contributed by atoms with E-state index in [2.05, 4.69) is 250 Å². The standard InChI is InChI=1S/C71H61N3/c1-69(2)58-27-13-11-25-52(58)54-36-33-47(41-61(54)69)72(64-31-17-21-44-19-7-9-23-50(44)64)46-35-38-66-56(39-46)57-40-49(43-63-68(57)74(66)67-30-16-15-29-60(67)71(63,5)6)73(65-32-18-22-45-20-8-10-24-51(45)65)48-34-37-55-53-26-12-14-28-59(53)70(3,4)62(55)42-48/h8-12,14-18,20-26,28-39,41-43,57H,7,13,19,27,40H2,1-6H3. The molecule has 0 N–H and O–H groups in total. The number of nitrogens with zero attached hydrogens (tertiary/aromatic N) is 3. The number of aryl methyl sites for hydroxylation is 1. The molecule has 2 aliphatic heterocycles. The van der Waals surface area contributed by atoms with Crippen LogP contribution in [0.25, 0.3) is 33.5 Å². The molecule has 7 aliphatic rings. The van der Waals surface area contributed by atoms with Crippen LogP contribution in [0.15, 0.2) is 211 Å². The van der Waals surface area contributed by atoms with Crippen LogP contribution >= 0.6 is 0 Å². The lowest BCUT2D eigenvalue weighted by Gasteiger charge is -2.44. The highest BCUT2D eigenvalue weighted by Crippen LogP contribution is 2.63. The molecule has 15 rings (SSSR count). The molecule has 0 bridgehead atoms. The second kappa shape index (κ2) is 15.6. The summed E-state index contributed by atoms with van der Waals surface area (Å²) in [6.07, 6.45) is 17.3. The predicted octanol–water partition coefficient (Wildman–Crippen LogP) is 18.9. The summed E-state index contributed by atoms with van der Waals surface area (Å²) in [4.78, 5) is 7.87. The minimum atomic E-state index is -0.260. The molecule has 3 nitrogen and oxygen atoms in total. The van der Waals surface area contributed by atoms with Crippen LogP contribution in [0, 0.1) is 0 Å². The maximum absolute atomic E-state index is 2.64. The van der Waals surface area contributed by atoms with Crippen molar-refractivity contribution < 1.29 is 0 Å². The van der Waals surface area contributed by atoms with Gasteiger partial charge in [0.1, 0.15) is 0 Å². The highest BCUT2D eigenvalue weighted by Gasteiger charge is 2.49. The van der Waals surface area contributed by atoms with E-state index in [1.807, 2.05) is 0 Å². The van der Waals surface area contributed by atoms with Crippen molar-refractivity contribution >= 4 is 62.2 Å². The lowest BCUT2D eigenvalue weighted by Crippen LogP contribution is -2.36. The van der Waals surface area contributed by atoms with Gasteiger partial charge in [0.25, 0.3) is 0 Å². The lowest BCUT2D eigenvalue weighted by atomic mass is 9.69. The first-order valence-corrected chi connectivity index (χ1v) is 27.1. The van der Waals surface area contributed by atoms with Crippen molar-refractivity contribution in [3.05, 3.63) is 255 Å². The first kappa shape index (κ1) is 43.7. The smallest absolute Gasteiger partial charge is 0.0536 e. The summed E-state index contributed by atoms with van der Waals surface area (Å²) in [5.74, 6) is 0.105. The molecule has 0 radical (unpaired) electrons.